The molecule has 0 saturated heterocycles. The Morgan fingerprint density at radius 2 is 1.76 bits per heavy atom. The van der Waals surface area contributed by atoms with E-state index in [0.717, 1.165) is 5.56 Å². The van der Waals surface area contributed by atoms with Crippen LogP contribution in [-0.4, -0.2) is 35.5 Å². The van der Waals surface area contributed by atoms with Crippen molar-refractivity contribution in [1.82, 2.24) is 15.3 Å². The Kier molecular flexibility index (Phi) is 6.83. The van der Waals surface area contributed by atoms with Gasteiger partial charge in [-0.15, -0.1) is 0 Å². The standard InChI is InChI=1S/C25H22N4O5/c1-33-19-9-5-6-16(12-19)14-26-25(32)23-28-21-11-10-17(13-20(21)24(31)29-23)27-22(30)15-34-18-7-3-2-4-8-18/h2-13H,14-15H2,1H3,(H,26,32)(H,27,30)(H,28,29,31). The summed E-state index contributed by atoms with van der Waals surface area (Å²) in [5, 5.41) is 5.65. The smallest absolute Gasteiger partial charge is 0.287 e. The summed E-state index contributed by atoms with van der Waals surface area (Å²) in [5.41, 5.74) is 1.09. The van der Waals surface area contributed by atoms with Gasteiger partial charge in [-0.25, -0.2) is 4.98 Å². The minimum atomic E-state index is -0.516. The van der Waals surface area contributed by atoms with Crippen molar-refractivity contribution in [2.75, 3.05) is 19.0 Å². The zero-order valence-corrected chi connectivity index (χ0v) is 18.3. The molecule has 0 atom stereocenters. The molecule has 3 N–H and O–H groups in total. The van der Waals surface area contributed by atoms with Crippen LogP contribution in [0.5, 0.6) is 11.5 Å². The largest absolute Gasteiger partial charge is 0.497 e. The Bertz CT molecular complexity index is 1390. The molecule has 0 saturated carbocycles. The van der Waals surface area contributed by atoms with Crippen molar-refractivity contribution in [3.8, 4) is 11.5 Å². The van der Waals surface area contributed by atoms with Crippen molar-refractivity contribution in [2.24, 2.45) is 0 Å². The van der Waals surface area contributed by atoms with E-state index in [4.69, 9.17) is 9.47 Å². The summed E-state index contributed by atoms with van der Waals surface area (Å²) < 4.78 is 10.6. The van der Waals surface area contributed by atoms with Crippen molar-refractivity contribution in [3.63, 3.8) is 0 Å². The van der Waals surface area contributed by atoms with Crippen molar-refractivity contribution < 1.29 is 19.1 Å². The maximum absolute atomic E-state index is 12.6. The number of rotatable bonds is 8. The van der Waals surface area contributed by atoms with E-state index < -0.39 is 11.5 Å². The molecular formula is C25H22N4O5. The van der Waals surface area contributed by atoms with Gasteiger partial charge in [0.2, 0.25) is 0 Å². The van der Waals surface area contributed by atoms with E-state index in [2.05, 4.69) is 20.6 Å². The molecule has 172 valence electrons. The van der Waals surface area contributed by atoms with Crippen molar-refractivity contribution in [2.45, 2.75) is 6.54 Å². The number of aromatic amines is 1. The summed E-state index contributed by atoms with van der Waals surface area (Å²) in [6.07, 6.45) is 0. The van der Waals surface area contributed by atoms with Crippen LogP contribution < -0.4 is 25.7 Å². The topological polar surface area (TPSA) is 122 Å². The number of nitrogens with zero attached hydrogens (tertiary/aromatic N) is 1. The van der Waals surface area contributed by atoms with Gasteiger partial charge in [-0.1, -0.05) is 30.3 Å². The van der Waals surface area contributed by atoms with Gasteiger partial charge in [0.15, 0.2) is 12.4 Å². The molecule has 0 aliphatic carbocycles. The van der Waals surface area contributed by atoms with E-state index in [0.29, 0.717) is 22.7 Å². The van der Waals surface area contributed by atoms with Gasteiger partial charge in [0.05, 0.1) is 18.0 Å². The quantitative estimate of drug-likeness (QED) is 0.373. The predicted octanol–water partition coefficient (Wildman–Crippen LogP) is 2.88. The number of benzene rings is 3. The van der Waals surface area contributed by atoms with Crippen LogP contribution in [0.4, 0.5) is 5.69 Å². The van der Waals surface area contributed by atoms with E-state index in [9.17, 15) is 14.4 Å². The van der Waals surface area contributed by atoms with Crippen molar-refractivity contribution in [1.29, 1.82) is 0 Å². The van der Waals surface area contributed by atoms with Crippen LogP contribution in [0.1, 0.15) is 16.2 Å². The number of carbonyl (C=O) groups excluding carboxylic acids is 2. The SMILES string of the molecule is COc1cccc(CNC(=O)c2nc3ccc(NC(=O)COc4ccccc4)cc3c(=O)[nH]2)c1. The van der Waals surface area contributed by atoms with Gasteiger partial charge in [-0.2, -0.15) is 0 Å². The zero-order chi connectivity index (χ0) is 23.9. The van der Waals surface area contributed by atoms with Crippen LogP contribution in [0.25, 0.3) is 10.9 Å². The maximum Gasteiger partial charge on any atom is 0.287 e. The summed E-state index contributed by atoms with van der Waals surface area (Å²) >= 11 is 0. The Balaban J connectivity index is 1.42. The molecule has 4 aromatic rings. The lowest BCUT2D eigenvalue weighted by Crippen LogP contribution is -2.27. The van der Waals surface area contributed by atoms with Gasteiger partial charge in [0, 0.05) is 12.2 Å². The minimum Gasteiger partial charge on any atom is -0.497 e. The molecule has 0 fully saturated rings. The number of nitrogens with one attached hydrogen (secondary N) is 3. The van der Waals surface area contributed by atoms with E-state index in [-0.39, 0.29) is 30.3 Å². The zero-order valence-electron chi connectivity index (χ0n) is 18.3. The third-order valence-electron chi connectivity index (χ3n) is 4.90. The number of para-hydroxylation sites is 1. The minimum absolute atomic E-state index is 0.103. The first kappa shape index (κ1) is 22.5. The molecule has 1 aromatic heterocycles. The average molecular weight is 458 g/mol. The second-order valence-electron chi connectivity index (χ2n) is 7.33. The van der Waals surface area contributed by atoms with Gasteiger partial charge >= 0.3 is 0 Å². The average Bonchev–Trinajstić information content (AvgIpc) is 2.87. The molecule has 2 amide bonds. The van der Waals surface area contributed by atoms with Crippen LogP contribution in [0.3, 0.4) is 0 Å². The number of hydrogen-bond donors (Lipinski definition) is 3. The lowest BCUT2D eigenvalue weighted by molar-refractivity contribution is -0.118. The van der Waals surface area contributed by atoms with Crippen LogP contribution in [0.15, 0.2) is 77.6 Å². The first-order valence-electron chi connectivity index (χ1n) is 10.4. The van der Waals surface area contributed by atoms with E-state index in [1.807, 2.05) is 30.3 Å². The molecule has 4 rings (SSSR count). The normalized spacial score (nSPS) is 10.5. The number of ether oxygens (including phenoxy) is 2. The van der Waals surface area contributed by atoms with E-state index in [1.165, 1.54) is 6.07 Å². The highest BCUT2D eigenvalue weighted by atomic mass is 16.5. The molecule has 0 aliphatic rings. The summed E-state index contributed by atoms with van der Waals surface area (Å²) in [4.78, 5) is 44.0. The molecule has 0 spiro atoms. The monoisotopic (exact) mass is 458 g/mol. The maximum atomic E-state index is 12.6. The predicted molar refractivity (Wildman–Crippen MR) is 127 cm³/mol. The van der Waals surface area contributed by atoms with Crippen LogP contribution in [-0.2, 0) is 11.3 Å². The number of methoxy groups -OCH3 is 1. The van der Waals surface area contributed by atoms with E-state index in [1.54, 1.807) is 43.5 Å². The highest BCUT2D eigenvalue weighted by molar-refractivity contribution is 5.96. The molecular weight excluding hydrogens is 436 g/mol. The molecule has 0 radical (unpaired) electrons. The highest BCUT2D eigenvalue weighted by Gasteiger charge is 2.13. The van der Waals surface area contributed by atoms with Gasteiger partial charge in [-0.05, 0) is 48.0 Å². The first-order chi connectivity index (χ1) is 16.5. The molecule has 0 aliphatic heterocycles. The number of aromatic nitrogens is 2. The molecule has 3 aromatic carbocycles. The molecule has 1 heterocycles. The van der Waals surface area contributed by atoms with Crippen LogP contribution in [0, 0.1) is 0 Å². The van der Waals surface area contributed by atoms with Crippen molar-refractivity contribution >= 4 is 28.4 Å². The third kappa shape index (κ3) is 5.57. The number of carbonyl (C=O) groups is 2. The van der Waals surface area contributed by atoms with Gasteiger partial charge in [-0.3, -0.25) is 14.4 Å². The Labute approximate surface area is 194 Å². The lowest BCUT2D eigenvalue weighted by Gasteiger charge is -2.09. The second-order valence-corrected chi connectivity index (χ2v) is 7.33. The number of fused-ring (bicyclic) bond motifs is 1. The summed E-state index contributed by atoms with van der Waals surface area (Å²) in [6, 6.07) is 20.9. The van der Waals surface area contributed by atoms with Gasteiger partial charge < -0.3 is 25.1 Å². The van der Waals surface area contributed by atoms with Crippen LogP contribution >= 0.6 is 0 Å². The summed E-state index contributed by atoms with van der Waals surface area (Å²) in [5.74, 6) is 0.263. The van der Waals surface area contributed by atoms with Crippen molar-refractivity contribution in [3.05, 3.63) is 94.5 Å². The van der Waals surface area contributed by atoms with Gasteiger partial charge in [0.1, 0.15) is 11.5 Å². The fraction of sp³-hybridized carbons (Fsp3) is 0.120. The molecule has 0 unspecified atom stereocenters. The Morgan fingerprint density at radius 3 is 2.56 bits per heavy atom. The second kappa shape index (κ2) is 10.3. The first-order valence-corrected chi connectivity index (χ1v) is 10.4. The highest BCUT2D eigenvalue weighted by Crippen LogP contribution is 2.16. The molecule has 9 nitrogen and oxygen atoms in total. The van der Waals surface area contributed by atoms with E-state index >= 15 is 0 Å². The molecule has 9 heteroatoms. The summed E-state index contributed by atoms with van der Waals surface area (Å²) in [7, 11) is 1.57. The fourth-order valence-corrected chi connectivity index (χ4v) is 3.24. The number of anilines is 1. The fourth-order valence-electron chi connectivity index (χ4n) is 3.24. The summed E-state index contributed by atoms with van der Waals surface area (Å²) in [6.45, 7) is 0.0663. The molecule has 34 heavy (non-hydrogen) atoms. The van der Waals surface area contributed by atoms with Crippen LogP contribution in [0.2, 0.25) is 0 Å². The Hall–Kier alpha value is -4.66. The Morgan fingerprint density at radius 1 is 0.971 bits per heavy atom. The molecule has 0 bridgehead atoms. The number of amides is 2. The number of H-pyrrole nitrogens is 1. The van der Waals surface area contributed by atoms with Gasteiger partial charge in [0.25, 0.3) is 17.4 Å². The number of hydrogen-bond acceptors (Lipinski definition) is 6. The third-order valence-corrected chi connectivity index (χ3v) is 4.90. The lowest BCUT2D eigenvalue weighted by atomic mass is 10.2.